The first-order valence-electron chi connectivity index (χ1n) is 7.17. The highest BCUT2D eigenvalue weighted by molar-refractivity contribution is 5.64. The lowest BCUT2D eigenvalue weighted by molar-refractivity contribution is 0.168. The summed E-state index contributed by atoms with van der Waals surface area (Å²) in [6.45, 7) is 15.9. The summed E-state index contributed by atoms with van der Waals surface area (Å²) in [6.07, 6.45) is 3.39. The standard InChI is InChI=1S/C8H17NO3.C3H6.2C2H6.CH4/c1-3-4-7(5-6-12-2)9-8(10)11;1-3-2;2*1-2;/h7,9H,3-6H2,1-2H3,(H,10,11);3H,1H2,2H3;2*1-2H3;1H4. The van der Waals surface area contributed by atoms with Gasteiger partial charge in [0.2, 0.25) is 0 Å². The molecule has 0 spiro atoms. The predicted octanol–water partition coefficient (Wildman–Crippen LogP) is 5.34. The van der Waals surface area contributed by atoms with Crippen LogP contribution in [0.3, 0.4) is 0 Å². The zero-order chi connectivity index (χ0) is 16.1. The number of methoxy groups -OCH3 is 1. The third-order valence-corrected chi connectivity index (χ3v) is 1.64. The SMILES string of the molecule is C.C=CC.CC.CC.CCCC(CCOC)NC(=O)O. The molecule has 126 valence electrons. The summed E-state index contributed by atoms with van der Waals surface area (Å²) in [5, 5.41) is 10.9. The summed E-state index contributed by atoms with van der Waals surface area (Å²) < 4.78 is 4.87. The highest BCUT2D eigenvalue weighted by Crippen LogP contribution is 2.01. The molecule has 20 heavy (non-hydrogen) atoms. The van der Waals surface area contributed by atoms with Gasteiger partial charge in [0.05, 0.1) is 0 Å². The number of rotatable bonds is 6. The average molecular weight is 293 g/mol. The van der Waals surface area contributed by atoms with Crippen LogP contribution in [0.5, 0.6) is 0 Å². The fourth-order valence-electron chi connectivity index (χ4n) is 1.07. The second kappa shape index (κ2) is 36.1. The molecule has 0 aromatic heterocycles. The third-order valence-electron chi connectivity index (χ3n) is 1.64. The van der Waals surface area contributed by atoms with E-state index in [0.29, 0.717) is 6.61 Å². The highest BCUT2D eigenvalue weighted by atomic mass is 16.5. The van der Waals surface area contributed by atoms with Crippen LogP contribution >= 0.6 is 0 Å². The first kappa shape index (κ1) is 31.4. The molecule has 4 nitrogen and oxygen atoms in total. The molecule has 2 N–H and O–H groups in total. The van der Waals surface area contributed by atoms with Crippen molar-refractivity contribution in [1.29, 1.82) is 0 Å². The molecule has 1 atom stereocenters. The lowest BCUT2D eigenvalue weighted by Crippen LogP contribution is -2.34. The normalized spacial score (nSPS) is 8.75. The molecule has 0 fully saturated rings. The van der Waals surface area contributed by atoms with Gasteiger partial charge in [0, 0.05) is 19.8 Å². The zero-order valence-corrected chi connectivity index (χ0v) is 14.0. The van der Waals surface area contributed by atoms with E-state index in [9.17, 15) is 4.79 Å². The van der Waals surface area contributed by atoms with Crippen molar-refractivity contribution in [3.8, 4) is 0 Å². The summed E-state index contributed by atoms with van der Waals surface area (Å²) >= 11 is 0. The molecule has 4 heteroatoms. The lowest BCUT2D eigenvalue weighted by atomic mass is 10.1. The van der Waals surface area contributed by atoms with Crippen LogP contribution in [-0.4, -0.2) is 31.0 Å². The maximum Gasteiger partial charge on any atom is 0.404 e. The van der Waals surface area contributed by atoms with Gasteiger partial charge in [0.1, 0.15) is 0 Å². The van der Waals surface area contributed by atoms with Crippen LogP contribution in [0.2, 0.25) is 0 Å². The Balaban J connectivity index is -0.0000000802. The number of carboxylic acid groups (broad SMARTS) is 1. The molecule has 0 aliphatic carbocycles. The molecule has 0 heterocycles. The molecule has 0 aromatic rings. The van der Waals surface area contributed by atoms with Gasteiger partial charge in [-0.25, -0.2) is 4.79 Å². The largest absolute Gasteiger partial charge is 0.465 e. The van der Waals surface area contributed by atoms with Gasteiger partial charge < -0.3 is 15.2 Å². The summed E-state index contributed by atoms with van der Waals surface area (Å²) in [6, 6.07) is 0.0347. The van der Waals surface area contributed by atoms with E-state index in [2.05, 4.69) is 11.9 Å². The van der Waals surface area contributed by atoms with E-state index in [1.807, 2.05) is 41.5 Å². The van der Waals surface area contributed by atoms with E-state index in [1.54, 1.807) is 13.2 Å². The molecule has 0 saturated heterocycles. The van der Waals surface area contributed by atoms with Gasteiger partial charge in [-0.2, -0.15) is 0 Å². The Morgan fingerprint density at radius 3 is 1.95 bits per heavy atom. The quantitative estimate of drug-likeness (QED) is 0.650. The van der Waals surface area contributed by atoms with E-state index >= 15 is 0 Å². The van der Waals surface area contributed by atoms with Gasteiger partial charge >= 0.3 is 6.09 Å². The molecule has 1 amide bonds. The molecule has 0 rings (SSSR count). The Morgan fingerprint density at radius 2 is 1.70 bits per heavy atom. The van der Waals surface area contributed by atoms with Gasteiger partial charge in [-0.05, 0) is 19.8 Å². The van der Waals surface area contributed by atoms with E-state index < -0.39 is 6.09 Å². The lowest BCUT2D eigenvalue weighted by Gasteiger charge is -2.14. The van der Waals surface area contributed by atoms with Gasteiger partial charge in [-0.3, -0.25) is 0 Å². The number of allylic oxidation sites excluding steroid dienone is 1. The number of hydrogen-bond acceptors (Lipinski definition) is 2. The van der Waals surface area contributed by atoms with Gasteiger partial charge in [-0.15, -0.1) is 6.58 Å². The number of ether oxygens (including phenoxy) is 1. The van der Waals surface area contributed by atoms with E-state index in [1.165, 1.54) is 0 Å². The Morgan fingerprint density at radius 1 is 1.30 bits per heavy atom. The first-order chi connectivity index (χ1) is 9.12. The van der Waals surface area contributed by atoms with Crippen molar-refractivity contribution in [2.45, 2.75) is 74.3 Å². The van der Waals surface area contributed by atoms with E-state index in [-0.39, 0.29) is 13.5 Å². The number of carbonyl (C=O) groups is 1. The molecule has 0 radical (unpaired) electrons. The van der Waals surface area contributed by atoms with Crippen molar-refractivity contribution in [2.75, 3.05) is 13.7 Å². The van der Waals surface area contributed by atoms with Crippen LogP contribution in [0.4, 0.5) is 4.79 Å². The smallest absolute Gasteiger partial charge is 0.404 e. The minimum atomic E-state index is -0.954. The van der Waals surface area contributed by atoms with Crippen LogP contribution in [0.15, 0.2) is 12.7 Å². The average Bonchev–Trinajstić information content (AvgIpc) is 2.41. The number of hydrogen-bond donors (Lipinski definition) is 2. The van der Waals surface area contributed by atoms with Crippen LogP contribution in [0, 0.1) is 0 Å². The molecule has 0 saturated carbocycles. The van der Waals surface area contributed by atoms with Crippen LogP contribution < -0.4 is 5.32 Å². The van der Waals surface area contributed by atoms with Crippen LogP contribution in [0.1, 0.15) is 68.2 Å². The minimum Gasteiger partial charge on any atom is -0.465 e. The second-order valence-electron chi connectivity index (χ2n) is 3.12. The van der Waals surface area contributed by atoms with Crippen molar-refractivity contribution < 1.29 is 14.6 Å². The summed E-state index contributed by atoms with van der Waals surface area (Å²) in [4.78, 5) is 10.3. The second-order valence-corrected chi connectivity index (χ2v) is 3.12. The molecule has 0 aliphatic rings. The monoisotopic (exact) mass is 293 g/mol. The first-order valence-corrected chi connectivity index (χ1v) is 7.17. The third kappa shape index (κ3) is 43.5. The Labute approximate surface area is 127 Å². The van der Waals surface area contributed by atoms with Gasteiger partial charge in [0.25, 0.3) is 0 Å². The topological polar surface area (TPSA) is 58.6 Å². The predicted molar refractivity (Wildman–Crippen MR) is 91.6 cm³/mol. The maximum atomic E-state index is 10.3. The molecule has 1 unspecified atom stereocenters. The number of amides is 1. The van der Waals surface area contributed by atoms with Gasteiger partial charge in [0.15, 0.2) is 0 Å². The van der Waals surface area contributed by atoms with Crippen molar-refractivity contribution in [3.05, 3.63) is 12.7 Å². The Hall–Kier alpha value is -1.03. The van der Waals surface area contributed by atoms with E-state index in [0.717, 1.165) is 19.3 Å². The highest BCUT2D eigenvalue weighted by Gasteiger charge is 2.09. The summed E-state index contributed by atoms with van der Waals surface area (Å²) in [7, 11) is 1.61. The Bertz CT molecular complexity index is 162. The molecule has 0 aliphatic heterocycles. The van der Waals surface area contributed by atoms with Crippen molar-refractivity contribution in [3.63, 3.8) is 0 Å². The van der Waals surface area contributed by atoms with Crippen molar-refractivity contribution in [1.82, 2.24) is 5.32 Å². The fourth-order valence-corrected chi connectivity index (χ4v) is 1.07. The zero-order valence-electron chi connectivity index (χ0n) is 14.0. The number of nitrogens with one attached hydrogen (secondary N) is 1. The van der Waals surface area contributed by atoms with Crippen molar-refractivity contribution in [2.24, 2.45) is 0 Å². The van der Waals surface area contributed by atoms with Crippen LogP contribution in [0.25, 0.3) is 0 Å². The van der Waals surface area contributed by atoms with Crippen molar-refractivity contribution >= 4 is 6.09 Å². The van der Waals surface area contributed by atoms with Crippen LogP contribution in [-0.2, 0) is 4.74 Å². The maximum absolute atomic E-state index is 10.3. The Kier molecular flexibility index (Phi) is 56.7. The molecule has 0 bridgehead atoms. The molecular weight excluding hydrogens is 254 g/mol. The molecule has 0 aromatic carbocycles. The minimum absolute atomic E-state index is 0. The summed E-state index contributed by atoms with van der Waals surface area (Å²) in [5.41, 5.74) is 0. The van der Waals surface area contributed by atoms with Gasteiger partial charge in [-0.1, -0.05) is 54.5 Å². The summed E-state index contributed by atoms with van der Waals surface area (Å²) in [5.74, 6) is 0. The van der Waals surface area contributed by atoms with E-state index in [4.69, 9.17) is 9.84 Å². The fraction of sp³-hybridized carbons (Fsp3) is 0.812. The molecular formula is C16H39NO3.